The second-order valence-corrected chi connectivity index (χ2v) is 4.08. The van der Waals surface area contributed by atoms with Gasteiger partial charge in [0.2, 0.25) is 0 Å². The van der Waals surface area contributed by atoms with Crippen LogP contribution in [0.15, 0.2) is 60.8 Å². The van der Waals surface area contributed by atoms with Gasteiger partial charge in [0.1, 0.15) is 0 Å². The lowest BCUT2D eigenvalue weighted by Crippen LogP contribution is -2.16. The van der Waals surface area contributed by atoms with Crippen molar-refractivity contribution in [3.05, 3.63) is 60.8 Å². The zero-order valence-electron chi connectivity index (χ0n) is 10.4. The van der Waals surface area contributed by atoms with Gasteiger partial charge in [-0.25, -0.2) is 0 Å². The monoisotopic (exact) mass is 202 g/mol. The molecule has 0 rings (SSSR count). The van der Waals surface area contributed by atoms with E-state index in [2.05, 4.69) is 53.5 Å². The SMILES string of the molecule is C=CC(C=C)=C(C=C)C(C)(C)/C(C)=C/C. The number of hydrogen-bond acceptors (Lipinski definition) is 0. The fourth-order valence-corrected chi connectivity index (χ4v) is 1.61. The van der Waals surface area contributed by atoms with E-state index in [1.54, 1.807) is 0 Å². The Morgan fingerprint density at radius 3 is 1.73 bits per heavy atom. The van der Waals surface area contributed by atoms with E-state index in [9.17, 15) is 0 Å². The summed E-state index contributed by atoms with van der Waals surface area (Å²) in [5.74, 6) is 0. The van der Waals surface area contributed by atoms with Gasteiger partial charge in [-0.3, -0.25) is 0 Å². The van der Waals surface area contributed by atoms with Crippen molar-refractivity contribution in [1.29, 1.82) is 0 Å². The molecular weight excluding hydrogens is 180 g/mol. The summed E-state index contributed by atoms with van der Waals surface area (Å²) in [5.41, 5.74) is 3.52. The number of allylic oxidation sites excluding steroid dienone is 7. The molecule has 0 aromatic carbocycles. The van der Waals surface area contributed by atoms with E-state index in [0.29, 0.717) is 0 Å². The van der Waals surface area contributed by atoms with E-state index in [4.69, 9.17) is 0 Å². The van der Waals surface area contributed by atoms with Gasteiger partial charge in [-0.2, -0.15) is 0 Å². The molecule has 0 nitrogen and oxygen atoms in total. The van der Waals surface area contributed by atoms with Gasteiger partial charge in [-0.15, -0.1) is 0 Å². The van der Waals surface area contributed by atoms with Crippen LogP contribution < -0.4 is 0 Å². The highest BCUT2D eigenvalue weighted by Crippen LogP contribution is 2.37. The van der Waals surface area contributed by atoms with Crippen molar-refractivity contribution >= 4 is 0 Å². The van der Waals surface area contributed by atoms with Gasteiger partial charge in [-0.05, 0) is 25.0 Å². The minimum absolute atomic E-state index is 0.0196. The smallest absolute Gasteiger partial charge is 0.0108 e. The van der Waals surface area contributed by atoms with Gasteiger partial charge in [0.05, 0.1) is 0 Å². The summed E-state index contributed by atoms with van der Waals surface area (Å²) in [5, 5.41) is 0. The van der Waals surface area contributed by atoms with Crippen LogP contribution in [0.2, 0.25) is 0 Å². The van der Waals surface area contributed by atoms with Gasteiger partial charge in [0.15, 0.2) is 0 Å². The third kappa shape index (κ3) is 2.82. The van der Waals surface area contributed by atoms with Crippen LogP contribution in [0.25, 0.3) is 0 Å². The topological polar surface area (TPSA) is 0 Å². The van der Waals surface area contributed by atoms with E-state index < -0.39 is 0 Å². The highest BCUT2D eigenvalue weighted by Gasteiger charge is 2.24. The maximum Gasteiger partial charge on any atom is 0.0108 e. The Hall–Kier alpha value is -1.30. The Morgan fingerprint density at radius 2 is 1.47 bits per heavy atom. The molecule has 0 saturated carbocycles. The lowest BCUT2D eigenvalue weighted by Gasteiger charge is -2.29. The molecule has 0 aliphatic rings. The van der Waals surface area contributed by atoms with E-state index in [1.807, 2.05) is 18.2 Å². The molecule has 0 radical (unpaired) electrons. The molecule has 0 aromatic heterocycles. The molecule has 0 unspecified atom stereocenters. The van der Waals surface area contributed by atoms with Crippen LogP contribution in [0.4, 0.5) is 0 Å². The largest absolute Gasteiger partial charge is 0.0987 e. The first-order valence-corrected chi connectivity index (χ1v) is 5.21. The van der Waals surface area contributed by atoms with E-state index in [-0.39, 0.29) is 5.41 Å². The Balaban J connectivity index is 5.69. The second-order valence-electron chi connectivity index (χ2n) is 4.08. The quantitative estimate of drug-likeness (QED) is 0.442. The van der Waals surface area contributed by atoms with Crippen molar-refractivity contribution in [2.75, 3.05) is 0 Å². The van der Waals surface area contributed by atoms with Gasteiger partial charge >= 0.3 is 0 Å². The fourth-order valence-electron chi connectivity index (χ4n) is 1.61. The van der Waals surface area contributed by atoms with Crippen molar-refractivity contribution < 1.29 is 0 Å². The van der Waals surface area contributed by atoms with Gasteiger partial charge in [0.25, 0.3) is 0 Å². The predicted molar refractivity (Wildman–Crippen MR) is 70.8 cm³/mol. The molecule has 0 saturated heterocycles. The van der Waals surface area contributed by atoms with Crippen molar-refractivity contribution in [2.24, 2.45) is 5.41 Å². The van der Waals surface area contributed by atoms with Crippen LogP contribution in [-0.4, -0.2) is 0 Å². The van der Waals surface area contributed by atoms with Gasteiger partial charge in [-0.1, -0.05) is 63.5 Å². The average Bonchev–Trinajstić information content (AvgIpc) is 2.23. The Morgan fingerprint density at radius 1 is 1.00 bits per heavy atom. The standard InChI is InChI=1S/C15H22/c1-8-12(5)15(6,7)14(11-4)13(9-2)10-3/h8-11H,2-4H2,1,5-7H3/b12-8+. The van der Waals surface area contributed by atoms with Gasteiger partial charge in [0, 0.05) is 5.41 Å². The van der Waals surface area contributed by atoms with Crippen molar-refractivity contribution in [2.45, 2.75) is 27.7 Å². The number of hydrogen-bond donors (Lipinski definition) is 0. The summed E-state index contributed by atoms with van der Waals surface area (Å²) in [6.45, 7) is 20.0. The van der Waals surface area contributed by atoms with Crippen LogP contribution >= 0.6 is 0 Å². The lowest BCUT2D eigenvalue weighted by atomic mass is 9.75. The zero-order valence-corrected chi connectivity index (χ0v) is 10.4. The maximum absolute atomic E-state index is 3.88. The third-order valence-electron chi connectivity index (χ3n) is 3.05. The fraction of sp³-hybridized carbons (Fsp3) is 0.333. The van der Waals surface area contributed by atoms with Crippen LogP contribution in [0.1, 0.15) is 27.7 Å². The molecule has 0 aliphatic heterocycles. The molecular formula is C15H22. The van der Waals surface area contributed by atoms with E-state index in [1.165, 1.54) is 11.1 Å². The van der Waals surface area contributed by atoms with Crippen molar-refractivity contribution in [3.8, 4) is 0 Å². The molecule has 0 amide bonds. The van der Waals surface area contributed by atoms with Crippen molar-refractivity contribution in [3.63, 3.8) is 0 Å². The first-order valence-electron chi connectivity index (χ1n) is 5.21. The van der Waals surface area contributed by atoms with E-state index in [0.717, 1.165) is 5.57 Å². The van der Waals surface area contributed by atoms with Crippen LogP contribution in [0, 0.1) is 5.41 Å². The average molecular weight is 202 g/mol. The molecule has 0 atom stereocenters. The molecule has 0 aliphatic carbocycles. The first kappa shape index (κ1) is 13.7. The summed E-state index contributed by atoms with van der Waals surface area (Å²) in [4.78, 5) is 0. The van der Waals surface area contributed by atoms with Crippen LogP contribution in [-0.2, 0) is 0 Å². The highest BCUT2D eigenvalue weighted by atomic mass is 14.3. The molecule has 0 fully saturated rings. The van der Waals surface area contributed by atoms with Crippen molar-refractivity contribution in [1.82, 2.24) is 0 Å². The lowest BCUT2D eigenvalue weighted by molar-refractivity contribution is 0.548. The normalized spacial score (nSPS) is 11.9. The summed E-state index contributed by atoms with van der Waals surface area (Å²) in [7, 11) is 0. The minimum Gasteiger partial charge on any atom is -0.0987 e. The molecule has 0 N–H and O–H groups in total. The zero-order chi connectivity index (χ0) is 12.1. The van der Waals surface area contributed by atoms with Crippen LogP contribution in [0.5, 0.6) is 0 Å². The third-order valence-corrected chi connectivity index (χ3v) is 3.05. The summed E-state index contributed by atoms with van der Waals surface area (Å²) in [6, 6.07) is 0. The molecule has 15 heavy (non-hydrogen) atoms. The second kappa shape index (κ2) is 5.55. The predicted octanol–water partition coefficient (Wildman–Crippen LogP) is 4.83. The Kier molecular flexibility index (Phi) is 5.07. The maximum atomic E-state index is 3.88. The number of rotatable bonds is 5. The molecule has 0 heteroatoms. The molecule has 0 heterocycles. The van der Waals surface area contributed by atoms with Gasteiger partial charge < -0.3 is 0 Å². The van der Waals surface area contributed by atoms with E-state index >= 15 is 0 Å². The first-order chi connectivity index (χ1) is 6.95. The van der Waals surface area contributed by atoms with Crippen LogP contribution in [0.3, 0.4) is 0 Å². The molecule has 0 bridgehead atoms. The summed E-state index contributed by atoms with van der Waals surface area (Å²) < 4.78 is 0. The Bertz CT molecular complexity index is 312. The molecule has 0 aromatic rings. The summed E-state index contributed by atoms with van der Waals surface area (Å²) in [6.07, 6.45) is 7.68. The Labute approximate surface area is 94.4 Å². The summed E-state index contributed by atoms with van der Waals surface area (Å²) >= 11 is 0. The minimum atomic E-state index is -0.0196. The highest BCUT2D eigenvalue weighted by molar-refractivity contribution is 5.45. The molecule has 0 spiro atoms. The molecule has 82 valence electrons.